The van der Waals surface area contributed by atoms with Crippen molar-refractivity contribution in [2.24, 2.45) is 0 Å². The molecule has 0 atom stereocenters. The molecule has 3 aromatic rings. The van der Waals surface area contributed by atoms with Crippen molar-refractivity contribution >= 4 is 40.7 Å². The van der Waals surface area contributed by atoms with Crippen LogP contribution in [0, 0.1) is 19.7 Å². The Bertz CT molecular complexity index is 1060. The maximum atomic E-state index is 13.6. The van der Waals surface area contributed by atoms with Gasteiger partial charge in [0.15, 0.2) is 5.65 Å². The van der Waals surface area contributed by atoms with E-state index >= 15 is 0 Å². The van der Waals surface area contributed by atoms with Gasteiger partial charge in [0, 0.05) is 36.1 Å². The van der Waals surface area contributed by atoms with Crippen LogP contribution in [-0.2, 0) is 0 Å². The number of nitrogens with one attached hydrogen (secondary N) is 1. The number of likely N-dealkylation sites (tertiary alicyclic amines) is 1. The van der Waals surface area contributed by atoms with Gasteiger partial charge in [-0.15, -0.1) is 12.4 Å². The van der Waals surface area contributed by atoms with Crippen molar-refractivity contribution in [1.29, 1.82) is 0 Å². The zero-order valence-corrected chi connectivity index (χ0v) is 18.1. The summed E-state index contributed by atoms with van der Waals surface area (Å²) in [6.07, 6.45) is 5.97. The maximum Gasteiger partial charge on any atom is 0.257 e. The number of carbonyl (C=O) groups is 1. The third kappa shape index (κ3) is 4.54. The number of benzene rings is 1. The Hall–Kier alpha value is -2.73. The monoisotopic (exact) mass is 428 g/mol. The van der Waals surface area contributed by atoms with Gasteiger partial charge in [-0.25, -0.2) is 14.4 Å². The number of anilines is 2. The van der Waals surface area contributed by atoms with E-state index in [9.17, 15) is 9.18 Å². The quantitative estimate of drug-likeness (QED) is 0.592. The second-order valence-electron chi connectivity index (χ2n) is 7.66. The van der Waals surface area contributed by atoms with Crippen LogP contribution in [0.3, 0.4) is 0 Å². The molecule has 1 aromatic carbocycles. The maximum absolute atomic E-state index is 13.6. The van der Waals surface area contributed by atoms with E-state index in [-0.39, 0.29) is 24.1 Å². The van der Waals surface area contributed by atoms with Crippen molar-refractivity contribution in [3.05, 3.63) is 59.2 Å². The van der Waals surface area contributed by atoms with Crippen molar-refractivity contribution in [2.75, 3.05) is 18.4 Å². The normalized spacial score (nSPS) is 14.2. The summed E-state index contributed by atoms with van der Waals surface area (Å²) in [7, 11) is 0. The topological polar surface area (TPSA) is 58.1 Å². The number of amides is 1. The Labute approximate surface area is 182 Å². The number of pyridine rings is 2. The number of carbonyl (C=O) groups excluding carboxylic acids is 1. The van der Waals surface area contributed by atoms with E-state index in [1.54, 1.807) is 12.3 Å². The van der Waals surface area contributed by atoms with E-state index in [2.05, 4.69) is 15.3 Å². The molecule has 0 unspecified atom stereocenters. The molecule has 30 heavy (non-hydrogen) atoms. The molecular weight excluding hydrogens is 403 g/mol. The Morgan fingerprint density at radius 3 is 2.50 bits per heavy atom. The molecule has 1 fully saturated rings. The fourth-order valence-corrected chi connectivity index (χ4v) is 3.81. The average Bonchev–Trinajstić information content (AvgIpc) is 2.99. The molecule has 0 aliphatic carbocycles. The molecule has 7 heteroatoms. The summed E-state index contributed by atoms with van der Waals surface area (Å²) >= 11 is 0. The highest BCUT2D eigenvalue weighted by molar-refractivity contribution is 6.07. The highest BCUT2D eigenvalue weighted by Crippen LogP contribution is 2.31. The van der Waals surface area contributed by atoms with Gasteiger partial charge >= 0.3 is 0 Å². The predicted molar refractivity (Wildman–Crippen MR) is 120 cm³/mol. The van der Waals surface area contributed by atoms with E-state index in [1.807, 2.05) is 30.9 Å². The second kappa shape index (κ2) is 9.39. The van der Waals surface area contributed by atoms with Crippen LogP contribution in [0.5, 0.6) is 0 Å². The van der Waals surface area contributed by atoms with Gasteiger partial charge in [0.2, 0.25) is 0 Å². The van der Waals surface area contributed by atoms with Gasteiger partial charge in [0.25, 0.3) is 5.91 Å². The number of rotatable bonds is 3. The largest absolute Gasteiger partial charge is 0.354 e. The highest BCUT2D eigenvalue weighted by Gasteiger charge is 2.23. The van der Waals surface area contributed by atoms with Gasteiger partial charge in [-0.2, -0.15) is 0 Å². The molecule has 1 N–H and O–H groups in total. The van der Waals surface area contributed by atoms with E-state index in [0.717, 1.165) is 61.1 Å². The molecule has 0 bridgehead atoms. The molecule has 0 saturated carbocycles. The number of aromatic nitrogens is 2. The predicted octanol–water partition coefficient (Wildman–Crippen LogP) is 5.57. The summed E-state index contributed by atoms with van der Waals surface area (Å²) in [6.45, 7) is 5.28. The first-order chi connectivity index (χ1) is 14.0. The van der Waals surface area contributed by atoms with Crippen molar-refractivity contribution in [1.82, 2.24) is 14.9 Å². The SMILES string of the molecule is Cc1ccc2c(Nc3ccc(F)cc3C)c(C(=O)N3CCCCCC3)cnc2n1.Cl. The van der Waals surface area contributed by atoms with Crippen LogP contribution >= 0.6 is 12.4 Å². The second-order valence-corrected chi connectivity index (χ2v) is 7.66. The van der Waals surface area contributed by atoms with Gasteiger partial charge in [0.05, 0.1) is 11.3 Å². The smallest absolute Gasteiger partial charge is 0.257 e. The minimum absolute atomic E-state index is 0. The molecule has 1 saturated heterocycles. The lowest BCUT2D eigenvalue weighted by Crippen LogP contribution is -2.32. The lowest BCUT2D eigenvalue weighted by Gasteiger charge is -2.23. The Kier molecular flexibility index (Phi) is 6.87. The minimum Gasteiger partial charge on any atom is -0.354 e. The zero-order valence-electron chi connectivity index (χ0n) is 17.2. The van der Waals surface area contributed by atoms with Crippen LogP contribution < -0.4 is 5.32 Å². The van der Waals surface area contributed by atoms with Gasteiger partial charge in [-0.3, -0.25) is 4.79 Å². The minimum atomic E-state index is -0.286. The molecule has 0 spiro atoms. The molecule has 0 radical (unpaired) electrons. The number of fused-ring (bicyclic) bond motifs is 1. The number of hydrogen-bond acceptors (Lipinski definition) is 4. The van der Waals surface area contributed by atoms with Gasteiger partial charge < -0.3 is 10.2 Å². The fraction of sp³-hybridized carbons (Fsp3) is 0.348. The molecule has 4 rings (SSSR count). The summed E-state index contributed by atoms with van der Waals surface area (Å²) in [6, 6.07) is 8.43. The summed E-state index contributed by atoms with van der Waals surface area (Å²) in [5, 5.41) is 4.15. The van der Waals surface area contributed by atoms with Crippen LogP contribution in [-0.4, -0.2) is 33.9 Å². The van der Waals surface area contributed by atoms with E-state index in [0.29, 0.717) is 16.9 Å². The number of halogens is 2. The van der Waals surface area contributed by atoms with Crippen LogP contribution in [0.25, 0.3) is 11.0 Å². The van der Waals surface area contributed by atoms with Crippen LogP contribution in [0.4, 0.5) is 15.8 Å². The first-order valence-corrected chi connectivity index (χ1v) is 10.1. The van der Waals surface area contributed by atoms with Crippen molar-refractivity contribution < 1.29 is 9.18 Å². The van der Waals surface area contributed by atoms with Gasteiger partial charge in [0.1, 0.15) is 5.82 Å². The molecule has 2 aromatic heterocycles. The van der Waals surface area contributed by atoms with Crippen molar-refractivity contribution in [3.63, 3.8) is 0 Å². The zero-order chi connectivity index (χ0) is 20.4. The third-order valence-electron chi connectivity index (χ3n) is 5.44. The lowest BCUT2D eigenvalue weighted by molar-refractivity contribution is 0.0762. The van der Waals surface area contributed by atoms with Gasteiger partial charge in [-0.05, 0) is 62.6 Å². The van der Waals surface area contributed by atoms with Crippen LogP contribution in [0.2, 0.25) is 0 Å². The standard InChI is InChI=1S/C23H25FN4O.ClH/c1-15-13-17(24)8-10-20(15)27-21-18-9-7-16(2)26-22(18)25-14-19(21)23(29)28-11-5-3-4-6-12-28;/h7-10,13-14H,3-6,11-12H2,1-2H3,(H,25,26,27);1H. The Morgan fingerprint density at radius 1 is 1.07 bits per heavy atom. The molecule has 1 aliphatic rings. The summed E-state index contributed by atoms with van der Waals surface area (Å²) in [4.78, 5) is 24.3. The van der Waals surface area contributed by atoms with Crippen molar-refractivity contribution in [3.8, 4) is 0 Å². The summed E-state index contributed by atoms with van der Waals surface area (Å²) < 4.78 is 13.6. The molecule has 1 aliphatic heterocycles. The van der Waals surface area contributed by atoms with E-state index < -0.39 is 0 Å². The molecule has 158 valence electrons. The molecule has 5 nitrogen and oxygen atoms in total. The summed E-state index contributed by atoms with van der Waals surface area (Å²) in [5.41, 5.74) is 4.16. The third-order valence-corrected chi connectivity index (χ3v) is 5.44. The van der Waals surface area contributed by atoms with E-state index in [4.69, 9.17) is 0 Å². The Balaban J connectivity index is 0.00000256. The molecule has 3 heterocycles. The highest BCUT2D eigenvalue weighted by atomic mass is 35.5. The van der Waals surface area contributed by atoms with E-state index in [1.165, 1.54) is 12.1 Å². The first-order valence-electron chi connectivity index (χ1n) is 10.1. The number of aryl methyl sites for hydroxylation is 2. The van der Waals surface area contributed by atoms with Crippen LogP contribution in [0.1, 0.15) is 47.3 Å². The number of nitrogens with zero attached hydrogens (tertiary/aromatic N) is 3. The van der Waals surface area contributed by atoms with Crippen LogP contribution in [0.15, 0.2) is 36.5 Å². The number of hydrogen-bond donors (Lipinski definition) is 1. The lowest BCUT2D eigenvalue weighted by atomic mass is 10.1. The molecule has 1 amide bonds. The fourth-order valence-electron chi connectivity index (χ4n) is 3.81. The molecular formula is C23H26ClFN4O. The Morgan fingerprint density at radius 2 is 1.80 bits per heavy atom. The average molecular weight is 429 g/mol. The first kappa shape index (κ1) is 22.0. The van der Waals surface area contributed by atoms with Gasteiger partial charge in [-0.1, -0.05) is 12.8 Å². The van der Waals surface area contributed by atoms with Crippen molar-refractivity contribution in [2.45, 2.75) is 39.5 Å². The summed E-state index contributed by atoms with van der Waals surface area (Å²) in [5.74, 6) is -0.310.